The Morgan fingerprint density at radius 2 is 2.33 bits per heavy atom. The summed E-state index contributed by atoms with van der Waals surface area (Å²) >= 11 is 9.03. The van der Waals surface area contributed by atoms with Crippen molar-refractivity contribution in [2.75, 3.05) is 6.61 Å². The van der Waals surface area contributed by atoms with Gasteiger partial charge in [0.25, 0.3) is 0 Å². The standard InChI is InChI=1S/C8H6BrClO2/c9-6-1-2-7(10)8(5-6)12-4-3-11/h1-3,5H,4H2. The summed E-state index contributed by atoms with van der Waals surface area (Å²) in [6.45, 7) is 0.0240. The fourth-order valence-electron chi connectivity index (χ4n) is 0.712. The number of rotatable bonds is 3. The molecule has 1 aromatic carbocycles. The first-order valence-electron chi connectivity index (χ1n) is 3.25. The molecule has 0 aliphatic rings. The fourth-order valence-corrected chi connectivity index (χ4v) is 1.22. The Kier molecular flexibility index (Phi) is 3.56. The molecule has 64 valence electrons. The van der Waals surface area contributed by atoms with Crippen LogP contribution in [0.25, 0.3) is 0 Å². The van der Waals surface area contributed by atoms with E-state index in [1.807, 2.05) is 0 Å². The van der Waals surface area contributed by atoms with Gasteiger partial charge in [-0.25, -0.2) is 0 Å². The molecule has 0 saturated carbocycles. The van der Waals surface area contributed by atoms with Gasteiger partial charge in [-0.15, -0.1) is 0 Å². The van der Waals surface area contributed by atoms with E-state index >= 15 is 0 Å². The van der Waals surface area contributed by atoms with Crippen LogP contribution in [0.1, 0.15) is 0 Å². The summed E-state index contributed by atoms with van der Waals surface area (Å²) in [5.74, 6) is 0.512. The van der Waals surface area contributed by atoms with Crippen molar-refractivity contribution in [3.63, 3.8) is 0 Å². The topological polar surface area (TPSA) is 26.3 Å². The van der Waals surface area contributed by atoms with Crippen LogP contribution in [0.3, 0.4) is 0 Å². The van der Waals surface area contributed by atoms with Gasteiger partial charge in [-0.1, -0.05) is 27.5 Å². The molecular weight excluding hydrogens is 243 g/mol. The predicted molar refractivity (Wildman–Crippen MR) is 50.7 cm³/mol. The molecule has 1 rings (SSSR count). The van der Waals surface area contributed by atoms with E-state index in [4.69, 9.17) is 16.3 Å². The van der Waals surface area contributed by atoms with Gasteiger partial charge in [0.2, 0.25) is 0 Å². The molecule has 0 aromatic heterocycles. The maximum Gasteiger partial charge on any atom is 0.157 e. The number of carbonyl (C=O) groups excluding carboxylic acids is 1. The van der Waals surface area contributed by atoms with Gasteiger partial charge in [-0.3, -0.25) is 4.79 Å². The molecule has 0 heterocycles. The maximum atomic E-state index is 9.99. The Hall–Kier alpha value is -0.540. The van der Waals surface area contributed by atoms with Gasteiger partial charge < -0.3 is 4.74 Å². The van der Waals surface area contributed by atoms with Crippen LogP contribution in [-0.4, -0.2) is 12.9 Å². The van der Waals surface area contributed by atoms with Gasteiger partial charge in [0.1, 0.15) is 12.4 Å². The number of carbonyl (C=O) groups is 1. The number of hydrogen-bond acceptors (Lipinski definition) is 2. The average Bonchev–Trinajstić information content (AvgIpc) is 2.07. The zero-order valence-corrected chi connectivity index (χ0v) is 8.43. The molecule has 0 bridgehead atoms. The molecule has 2 nitrogen and oxygen atoms in total. The molecule has 0 N–H and O–H groups in total. The number of halogens is 2. The second-order valence-electron chi connectivity index (χ2n) is 2.05. The van der Waals surface area contributed by atoms with Crippen molar-refractivity contribution in [1.29, 1.82) is 0 Å². The molecule has 0 atom stereocenters. The summed E-state index contributed by atoms with van der Waals surface area (Å²) in [5.41, 5.74) is 0. The van der Waals surface area contributed by atoms with Gasteiger partial charge in [0.05, 0.1) is 5.02 Å². The van der Waals surface area contributed by atoms with Crippen molar-refractivity contribution >= 4 is 33.8 Å². The summed E-state index contributed by atoms with van der Waals surface area (Å²) in [4.78, 5) is 9.99. The molecule has 1 aromatic rings. The fraction of sp³-hybridized carbons (Fsp3) is 0.125. The van der Waals surface area contributed by atoms with Crippen LogP contribution in [0, 0.1) is 0 Å². The van der Waals surface area contributed by atoms with Crippen LogP contribution in [0.15, 0.2) is 22.7 Å². The Morgan fingerprint density at radius 1 is 1.58 bits per heavy atom. The molecule has 0 saturated heterocycles. The highest BCUT2D eigenvalue weighted by atomic mass is 79.9. The Bertz CT molecular complexity index is 288. The molecule has 0 aliphatic heterocycles. The monoisotopic (exact) mass is 248 g/mol. The van der Waals surface area contributed by atoms with Crippen molar-refractivity contribution < 1.29 is 9.53 Å². The highest BCUT2D eigenvalue weighted by Crippen LogP contribution is 2.27. The van der Waals surface area contributed by atoms with E-state index in [2.05, 4.69) is 15.9 Å². The van der Waals surface area contributed by atoms with E-state index in [1.165, 1.54) is 0 Å². The smallest absolute Gasteiger partial charge is 0.157 e. The van der Waals surface area contributed by atoms with E-state index in [9.17, 15) is 4.79 Å². The Balaban J connectivity index is 2.82. The van der Waals surface area contributed by atoms with Gasteiger partial charge in [0, 0.05) is 4.47 Å². The lowest BCUT2D eigenvalue weighted by atomic mass is 10.3. The van der Waals surface area contributed by atoms with E-state index < -0.39 is 0 Å². The first-order valence-corrected chi connectivity index (χ1v) is 4.42. The zero-order valence-electron chi connectivity index (χ0n) is 6.09. The summed E-state index contributed by atoms with van der Waals surface area (Å²) in [7, 11) is 0. The molecule has 12 heavy (non-hydrogen) atoms. The molecule has 0 fully saturated rings. The third-order valence-corrected chi connectivity index (χ3v) is 2.01. The lowest BCUT2D eigenvalue weighted by molar-refractivity contribution is -0.109. The number of ether oxygens (including phenoxy) is 1. The third kappa shape index (κ3) is 2.50. The second-order valence-corrected chi connectivity index (χ2v) is 3.38. The molecular formula is C8H6BrClO2. The zero-order chi connectivity index (χ0) is 8.97. The summed E-state index contributed by atoms with van der Waals surface area (Å²) in [6, 6.07) is 5.22. The van der Waals surface area contributed by atoms with E-state index in [-0.39, 0.29) is 6.61 Å². The first kappa shape index (κ1) is 9.55. The van der Waals surface area contributed by atoms with Crippen molar-refractivity contribution in [2.45, 2.75) is 0 Å². The predicted octanol–water partition coefficient (Wildman–Crippen LogP) is 2.68. The normalized spacial score (nSPS) is 9.50. The van der Waals surface area contributed by atoms with Gasteiger partial charge in [-0.2, -0.15) is 0 Å². The molecule has 0 aliphatic carbocycles. The summed E-state index contributed by atoms with van der Waals surface area (Å²) in [6.07, 6.45) is 0.678. The minimum atomic E-state index is 0.0240. The lowest BCUT2D eigenvalue weighted by Gasteiger charge is -2.04. The quantitative estimate of drug-likeness (QED) is 0.770. The second kappa shape index (κ2) is 4.48. The summed E-state index contributed by atoms with van der Waals surface area (Å²) < 4.78 is 5.91. The van der Waals surface area contributed by atoms with Crippen LogP contribution < -0.4 is 4.74 Å². The molecule has 0 spiro atoms. The SMILES string of the molecule is O=CCOc1cc(Br)ccc1Cl. The average molecular weight is 249 g/mol. The number of benzene rings is 1. The Morgan fingerprint density at radius 3 is 3.00 bits per heavy atom. The van der Waals surface area contributed by atoms with Crippen LogP contribution in [0.2, 0.25) is 5.02 Å². The van der Waals surface area contributed by atoms with Crippen molar-refractivity contribution in [1.82, 2.24) is 0 Å². The van der Waals surface area contributed by atoms with E-state index in [0.717, 1.165) is 4.47 Å². The van der Waals surface area contributed by atoms with Crippen molar-refractivity contribution in [2.24, 2.45) is 0 Å². The minimum Gasteiger partial charge on any atom is -0.485 e. The highest BCUT2D eigenvalue weighted by Gasteiger charge is 2.00. The summed E-state index contributed by atoms with van der Waals surface area (Å²) in [5, 5.41) is 0.500. The van der Waals surface area contributed by atoms with E-state index in [1.54, 1.807) is 18.2 Å². The van der Waals surface area contributed by atoms with Crippen LogP contribution in [0.4, 0.5) is 0 Å². The number of hydrogen-bond donors (Lipinski definition) is 0. The van der Waals surface area contributed by atoms with E-state index in [0.29, 0.717) is 17.1 Å². The lowest BCUT2D eigenvalue weighted by Crippen LogP contribution is -1.97. The first-order chi connectivity index (χ1) is 5.74. The van der Waals surface area contributed by atoms with Crippen LogP contribution in [0.5, 0.6) is 5.75 Å². The molecule has 4 heteroatoms. The van der Waals surface area contributed by atoms with Crippen molar-refractivity contribution in [3.05, 3.63) is 27.7 Å². The third-order valence-electron chi connectivity index (χ3n) is 1.20. The van der Waals surface area contributed by atoms with Crippen LogP contribution >= 0.6 is 27.5 Å². The van der Waals surface area contributed by atoms with Gasteiger partial charge >= 0.3 is 0 Å². The number of aldehydes is 1. The Labute approximate surface area is 83.6 Å². The van der Waals surface area contributed by atoms with Crippen LogP contribution in [-0.2, 0) is 4.79 Å². The molecule has 0 radical (unpaired) electrons. The van der Waals surface area contributed by atoms with Crippen molar-refractivity contribution in [3.8, 4) is 5.75 Å². The minimum absolute atomic E-state index is 0.0240. The van der Waals surface area contributed by atoms with Gasteiger partial charge in [-0.05, 0) is 18.2 Å². The maximum absolute atomic E-state index is 9.99. The molecule has 0 amide bonds. The molecule has 0 unspecified atom stereocenters. The largest absolute Gasteiger partial charge is 0.485 e. The van der Waals surface area contributed by atoms with Gasteiger partial charge in [0.15, 0.2) is 6.29 Å². The highest BCUT2D eigenvalue weighted by molar-refractivity contribution is 9.10.